The van der Waals surface area contributed by atoms with Gasteiger partial charge in [-0.2, -0.15) is 0 Å². The number of carbonyl (C=O) groups excluding carboxylic acids is 2. The Kier molecular flexibility index (Phi) is 6.18. The summed E-state index contributed by atoms with van der Waals surface area (Å²) >= 11 is 0. The van der Waals surface area contributed by atoms with E-state index in [-0.39, 0.29) is 35.8 Å². The monoisotopic (exact) mass is 363 g/mol. The maximum absolute atomic E-state index is 12.4. The summed E-state index contributed by atoms with van der Waals surface area (Å²) in [5, 5.41) is 11.2. The number of likely N-dealkylation sites (tertiary alicyclic amines) is 1. The van der Waals surface area contributed by atoms with Crippen molar-refractivity contribution >= 4 is 23.3 Å². The zero-order valence-corrected chi connectivity index (χ0v) is 15.6. The molecule has 8 heteroatoms. The predicted octanol–water partition coefficient (Wildman–Crippen LogP) is 2.61. The predicted molar refractivity (Wildman–Crippen MR) is 97.3 cm³/mol. The van der Waals surface area contributed by atoms with Gasteiger partial charge in [0.2, 0.25) is 0 Å². The van der Waals surface area contributed by atoms with Crippen LogP contribution in [0.1, 0.15) is 43.5 Å². The summed E-state index contributed by atoms with van der Waals surface area (Å²) < 4.78 is 5.11. The standard InChI is InChI=1S/C18H25N3O5/c1-12-6-5-7-13(2)20(12)17(22)11-26-18(23)14-8-9-15(19(3)4)16(10-14)21(24)25/h8-10,12-13H,5-7,11H2,1-4H3/t12-,13-/m1/s1. The molecule has 0 saturated carbocycles. The first-order valence-corrected chi connectivity index (χ1v) is 8.66. The topological polar surface area (TPSA) is 93.0 Å². The van der Waals surface area contributed by atoms with Crippen molar-refractivity contribution in [3.8, 4) is 0 Å². The summed E-state index contributed by atoms with van der Waals surface area (Å²) in [5.41, 5.74) is 0.252. The molecule has 142 valence electrons. The molecule has 2 rings (SSSR count). The van der Waals surface area contributed by atoms with Crippen LogP contribution in [0.5, 0.6) is 0 Å². The van der Waals surface area contributed by atoms with Gasteiger partial charge in [-0.15, -0.1) is 0 Å². The van der Waals surface area contributed by atoms with E-state index in [1.165, 1.54) is 18.2 Å². The van der Waals surface area contributed by atoms with Crippen LogP contribution in [0.2, 0.25) is 0 Å². The van der Waals surface area contributed by atoms with Crippen LogP contribution in [-0.4, -0.2) is 54.5 Å². The van der Waals surface area contributed by atoms with Crippen molar-refractivity contribution in [1.29, 1.82) is 0 Å². The van der Waals surface area contributed by atoms with Crippen molar-refractivity contribution < 1.29 is 19.2 Å². The fourth-order valence-corrected chi connectivity index (χ4v) is 3.37. The highest BCUT2D eigenvalue weighted by atomic mass is 16.6. The lowest BCUT2D eigenvalue weighted by molar-refractivity contribution is -0.384. The molecule has 0 aliphatic carbocycles. The number of ether oxygens (including phenoxy) is 1. The fraction of sp³-hybridized carbons (Fsp3) is 0.556. The van der Waals surface area contributed by atoms with Gasteiger partial charge in [0.1, 0.15) is 5.69 Å². The Bertz CT molecular complexity index is 694. The molecule has 1 aliphatic heterocycles. The molecule has 1 saturated heterocycles. The SMILES string of the molecule is C[C@@H]1CCC[C@@H](C)N1C(=O)COC(=O)c1ccc(N(C)C)c([N+](=O)[O-])c1. The van der Waals surface area contributed by atoms with E-state index in [1.54, 1.807) is 23.9 Å². The summed E-state index contributed by atoms with van der Waals surface area (Å²) in [4.78, 5) is 38.6. The largest absolute Gasteiger partial charge is 0.452 e. The van der Waals surface area contributed by atoms with Crippen molar-refractivity contribution in [2.75, 3.05) is 25.6 Å². The molecule has 1 fully saturated rings. The summed E-state index contributed by atoms with van der Waals surface area (Å²) in [6.45, 7) is 3.61. The summed E-state index contributed by atoms with van der Waals surface area (Å²) in [7, 11) is 3.36. The normalized spacial score (nSPS) is 19.8. The quantitative estimate of drug-likeness (QED) is 0.453. The van der Waals surface area contributed by atoms with Gasteiger partial charge < -0.3 is 14.5 Å². The van der Waals surface area contributed by atoms with Crippen LogP contribution in [0.4, 0.5) is 11.4 Å². The van der Waals surface area contributed by atoms with Gasteiger partial charge in [0, 0.05) is 32.2 Å². The van der Waals surface area contributed by atoms with Crippen LogP contribution in [0.15, 0.2) is 18.2 Å². The highest BCUT2D eigenvalue weighted by Gasteiger charge is 2.29. The first-order chi connectivity index (χ1) is 12.2. The Hall–Kier alpha value is -2.64. The summed E-state index contributed by atoms with van der Waals surface area (Å²) in [6.07, 6.45) is 2.94. The zero-order chi connectivity index (χ0) is 19.4. The molecule has 1 aromatic rings. The minimum absolute atomic E-state index is 0.0508. The highest BCUT2D eigenvalue weighted by molar-refractivity contribution is 5.93. The van der Waals surface area contributed by atoms with E-state index in [0.717, 1.165) is 19.3 Å². The molecule has 1 aliphatic rings. The van der Waals surface area contributed by atoms with Gasteiger partial charge in [0.05, 0.1) is 10.5 Å². The molecule has 26 heavy (non-hydrogen) atoms. The highest BCUT2D eigenvalue weighted by Crippen LogP contribution is 2.28. The summed E-state index contributed by atoms with van der Waals surface area (Å²) in [6, 6.07) is 4.36. The lowest BCUT2D eigenvalue weighted by atomic mass is 9.97. The van der Waals surface area contributed by atoms with Crippen LogP contribution in [0.25, 0.3) is 0 Å². The third kappa shape index (κ3) is 4.30. The second-order valence-electron chi connectivity index (χ2n) is 6.86. The Morgan fingerprint density at radius 2 is 1.88 bits per heavy atom. The van der Waals surface area contributed by atoms with Gasteiger partial charge in [0.25, 0.3) is 11.6 Å². The molecule has 2 atom stereocenters. The Morgan fingerprint density at radius 3 is 2.42 bits per heavy atom. The molecular weight excluding hydrogens is 338 g/mol. The van der Waals surface area contributed by atoms with Crippen LogP contribution >= 0.6 is 0 Å². The van der Waals surface area contributed by atoms with Gasteiger partial charge in [-0.05, 0) is 45.2 Å². The van der Waals surface area contributed by atoms with Crippen molar-refractivity contribution in [3.05, 3.63) is 33.9 Å². The maximum Gasteiger partial charge on any atom is 0.338 e. The van der Waals surface area contributed by atoms with E-state index in [1.807, 2.05) is 13.8 Å². The third-order valence-corrected chi connectivity index (χ3v) is 4.70. The number of hydrogen-bond acceptors (Lipinski definition) is 6. The van der Waals surface area contributed by atoms with Gasteiger partial charge in [0.15, 0.2) is 6.61 Å². The molecule has 0 bridgehead atoms. The number of piperidine rings is 1. The smallest absolute Gasteiger partial charge is 0.338 e. The van der Waals surface area contributed by atoms with E-state index in [9.17, 15) is 19.7 Å². The fourth-order valence-electron chi connectivity index (χ4n) is 3.37. The first kappa shape index (κ1) is 19.7. The Balaban J connectivity index is 2.07. The molecule has 1 heterocycles. The van der Waals surface area contributed by atoms with Gasteiger partial charge >= 0.3 is 5.97 Å². The molecular formula is C18H25N3O5. The minimum atomic E-state index is -0.746. The van der Waals surface area contributed by atoms with Crippen molar-refractivity contribution in [2.45, 2.75) is 45.2 Å². The van der Waals surface area contributed by atoms with E-state index in [0.29, 0.717) is 5.69 Å². The van der Waals surface area contributed by atoms with E-state index in [4.69, 9.17) is 4.74 Å². The molecule has 0 radical (unpaired) electrons. The Morgan fingerprint density at radius 1 is 1.27 bits per heavy atom. The van der Waals surface area contributed by atoms with Crippen LogP contribution < -0.4 is 4.90 Å². The van der Waals surface area contributed by atoms with Gasteiger partial charge in [-0.3, -0.25) is 14.9 Å². The average Bonchev–Trinajstić information content (AvgIpc) is 2.58. The number of anilines is 1. The van der Waals surface area contributed by atoms with E-state index < -0.39 is 10.9 Å². The van der Waals surface area contributed by atoms with Crippen molar-refractivity contribution in [1.82, 2.24) is 4.90 Å². The molecule has 1 amide bonds. The molecule has 1 aromatic carbocycles. The number of nitro benzene ring substituents is 1. The second kappa shape index (κ2) is 8.16. The van der Waals surface area contributed by atoms with E-state index in [2.05, 4.69) is 0 Å². The molecule has 0 spiro atoms. The van der Waals surface area contributed by atoms with Gasteiger partial charge in [-0.25, -0.2) is 4.79 Å². The second-order valence-corrected chi connectivity index (χ2v) is 6.86. The zero-order valence-electron chi connectivity index (χ0n) is 15.6. The molecule has 0 unspecified atom stereocenters. The first-order valence-electron chi connectivity index (χ1n) is 8.66. The molecule has 8 nitrogen and oxygen atoms in total. The third-order valence-electron chi connectivity index (χ3n) is 4.70. The number of benzene rings is 1. The molecule has 0 aromatic heterocycles. The number of hydrogen-bond donors (Lipinski definition) is 0. The van der Waals surface area contributed by atoms with Crippen LogP contribution in [0, 0.1) is 10.1 Å². The minimum Gasteiger partial charge on any atom is -0.452 e. The number of amides is 1. The average molecular weight is 363 g/mol. The number of nitrogens with zero attached hydrogens (tertiary/aromatic N) is 3. The van der Waals surface area contributed by atoms with Gasteiger partial charge in [-0.1, -0.05) is 0 Å². The number of nitro groups is 1. The lowest BCUT2D eigenvalue weighted by Gasteiger charge is -2.38. The number of carbonyl (C=O) groups is 2. The van der Waals surface area contributed by atoms with E-state index >= 15 is 0 Å². The van der Waals surface area contributed by atoms with Crippen LogP contribution in [-0.2, 0) is 9.53 Å². The lowest BCUT2D eigenvalue weighted by Crippen LogP contribution is -2.49. The Labute approximate surface area is 152 Å². The summed E-state index contributed by atoms with van der Waals surface area (Å²) in [5.74, 6) is -0.985. The van der Waals surface area contributed by atoms with Crippen LogP contribution in [0.3, 0.4) is 0 Å². The number of esters is 1. The maximum atomic E-state index is 12.4. The molecule has 0 N–H and O–H groups in total. The van der Waals surface area contributed by atoms with Crippen molar-refractivity contribution in [3.63, 3.8) is 0 Å². The van der Waals surface area contributed by atoms with Crippen molar-refractivity contribution in [2.24, 2.45) is 0 Å². The number of rotatable bonds is 5.